The Morgan fingerprint density at radius 3 is 2.37 bits per heavy atom. The van der Waals surface area contributed by atoms with Gasteiger partial charge >= 0.3 is 0 Å². The van der Waals surface area contributed by atoms with Crippen molar-refractivity contribution >= 4 is 19.8 Å². The highest BCUT2D eigenvalue weighted by atomic mass is 28.3. The van der Waals surface area contributed by atoms with Gasteiger partial charge in [0.25, 0.3) is 0 Å². The van der Waals surface area contributed by atoms with Crippen molar-refractivity contribution in [3.8, 4) is 22.3 Å². The zero-order valence-electron chi connectivity index (χ0n) is 16.0. The van der Waals surface area contributed by atoms with Crippen LogP contribution in [0.25, 0.3) is 22.3 Å². The van der Waals surface area contributed by atoms with Gasteiger partial charge in [0.05, 0.1) is 6.20 Å². The molecule has 0 spiro atoms. The van der Waals surface area contributed by atoms with Gasteiger partial charge in [-0.2, -0.15) is 10.1 Å². The van der Waals surface area contributed by atoms with Crippen molar-refractivity contribution in [2.45, 2.75) is 32.4 Å². The Kier molecular flexibility index (Phi) is 5.57. The van der Waals surface area contributed by atoms with Gasteiger partial charge in [-0.1, -0.05) is 43.9 Å². The van der Waals surface area contributed by atoms with Crippen molar-refractivity contribution in [3.63, 3.8) is 0 Å². The molecule has 0 aliphatic rings. The molecule has 142 valence electrons. The SMILES string of the molecule is C[Si](C)(C)CCOCn1cc(-c2ccc(-c3cnc(N)nc3N)cc2)cn1. The van der Waals surface area contributed by atoms with Gasteiger partial charge in [0.1, 0.15) is 12.5 Å². The summed E-state index contributed by atoms with van der Waals surface area (Å²) in [5.41, 5.74) is 15.3. The highest BCUT2D eigenvalue weighted by Gasteiger charge is 2.12. The number of anilines is 2. The highest BCUT2D eigenvalue weighted by molar-refractivity contribution is 6.76. The first-order chi connectivity index (χ1) is 12.8. The molecule has 0 atom stereocenters. The largest absolute Gasteiger partial charge is 0.383 e. The molecule has 8 heteroatoms. The summed E-state index contributed by atoms with van der Waals surface area (Å²) in [5, 5.41) is 4.38. The van der Waals surface area contributed by atoms with Crippen LogP contribution in [-0.4, -0.2) is 34.4 Å². The second-order valence-electron chi connectivity index (χ2n) is 7.72. The third kappa shape index (κ3) is 5.15. The monoisotopic (exact) mass is 382 g/mol. The third-order valence-electron chi connectivity index (χ3n) is 4.22. The number of benzene rings is 1. The number of rotatable bonds is 7. The molecule has 27 heavy (non-hydrogen) atoms. The standard InChI is InChI=1S/C19H26N6OSi/c1-27(2,3)9-8-26-13-25-12-16(10-23-25)14-4-6-15(7-5-14)17-11-22-19(21)24-18(17)20/h4-7,10-12H,8-9,13H2,1-3H3,(H4,20,21,22,24). The van der Waals surface area contributed by atoms with Crippen molar-refractivity contribution in [1.29, 1.82) is 0 Å². The summed E-state index contributed by atoms with van der Waals surface area (Å²) in [6.45, 7) is 8.29. The van der Waals surface area contributed by atoms with E-state index in [0.717, 1.165) is 34.9 Å². The van der Waals surface area contributed by atoms with E-state index < -0.39 is 8.07 Å². The molecule has 0 unspecified atom stereocenters. The van der Waals surface area contributed by atoms with Gasteiger partial charge in [-0.05, 0) is 17.2 Å². The molecule has 7 nitrogen and oxygen atoms in total. The zero-order chi connectivity index (χ0) is 19.4. The first kappa shape index (κ1) is 19.1. The second-order valence-corrected chi connectivity index (χ2v) is 13.3. The topological polar surface area (TPSA) is 105 Å². The van der Waals surface area contributed by atoms with Crippen LogP contribution in [0.15, 0.2) is 42.9 Å². The van der Waals surface area contributed by atoms with Gasteiger partial charge in [-0.15, -0.1) is 0 Å². The summed E-state index contributed by atoms with van der Waals surface area (Å²) < 4.78 is 7.56. The van der Waals surface area contributed by atoms with Gasteiger partial charge in [0, 0.05) is 38.2 Å². The lowest BCUT2D eigenvalue weighted by Crippen LogP contribution is -2.22. The minimum Gasteiger partial charge on any atom is -0.383 e. The fraction of sp³-hybridized carbons (Fsp3) is 0.316. The fourth-order valence-corrected chi connectivity index (χ4v) is 3.35. The van der Waals surface area contributed by atoms with Crippen molar-refractivity contribution in [3.05, 3.63) is 42.9 Å². The van der Waals surface area contributed by atoms with E-state index in [4.69, 9.17) is 16.2 Å². The number of nitrogens with zero attached hydrogens (tertiary/aromatic N) is 4. The van der Waals surface area contributed by atoms with E-state index in [9.17, 15) is 0 Å². The maximum absolute atomic E-state index is 5.93. The molecular formula is C19H26N6OSi. The van der Waals surface area contributed by atoms with Crippen molar-refractivity contribution in [2.24, 2.45) is 0 Å². The van der Waals surface area contributed by atoms with E-state index in [1.165, 1.54) is 0 Å². The molecule has 2 aromatic heterocycles. The Balaban J connectivity index is 1.65. The fourth-order valence-electron chi connectivity index (χ4n) is 2.59. The van der Waals surface area contributed by atoms with Crippen LogP contribution in [0.5, 0.6) is 0 Å². The molecule has 0 saturated carbocycles. The first-order valence-electron chi connectivity index (χ1n) is 8.91. The van der Waals surface area contributed by atoms with Crippen LogP contribution >= 0.6 is 0 Å². The Hall–Kier alpha value is -2.71. The zero-order valence-corrected chi connectivity index (χ0v) is 17.0. The number of nitrogens with two attached hydrogens (primary N) is 2. The van der Waals surface area contributed by atoms with Gasteiger partial charge in [-0.3, -0.25) is 0 Å². The van der Waals surface area contributed by atoms with Gasteiger partial charge in [0.2, 0.25) is 5.95 Å². The second kappa shape index (κ2) is 7.89. The minimum absolute atomic E-state index is 0.173. The van der Waals surface area contributed by atoms with Crippen LogP contribution in [0, 0.1) is 0 Å². The highest BCUT2D eigenvalue weighted by Crippen LogP contribution is 2.27. The number of hydrogen-bond acceptors (Lipinski definition) is 6. The molecule has 0 saturated heterocycles. The summed E-state index contributed by atoms with van der Waals surface area (Å²) in [6, 6.07) is 9.18. The smallest absolute Gasteiger partial charge is 0.221 e. The molecule has 0 fully saturated rings. The Morgan fingerprint density at radius 1 is 1.00 bits per heavy atom. The number of ether oxygens (including phenoxy) is 1. The van der Waals surface area contributed by atoms with Crippen LogP contribution in [0.4, 0.5) is 11.8 Å². The summed E-state index contributed by atoms with van der Waals surface area (Å²) in [4.78, 5) is 8.02. The molecule has 0 bridgehead atoms. The van der Waals surface area contributed by atoms with Crippen LogP contribution < -0.4 is 11.5 Å². The van der Waals surface area contributed by atoms with Gasteiger partial charge < -0.3 is 16.2 Å². The van der Waals surface area contributed by atoms with Crippen LogP contribution in [-0.2, 0) is 11.5 Å². The summed E-state index contributed by atoms with van der Waals surface area (Å²) in [5.74, 6) is 0.547. The van der Waals surface area contributed by atoms with Gasteiger partial charge in [0.15, 0.2) is 0 Å². The van der Waals surface area contributed by atoms with Crippen LogP contribution in [0.1, 0.15) is 0 Å². The van der Waals surface area contributed by atoms with Crippen LogP contribution in [0.3, 0.4) is 0 Å². The van der Waals surface area contributed by atoms with Crippen LogP contribution in [0.2, 0.25) is 25.7 Å². The molecule has 0 aliphatic carbocycles. The average molecular weight is 383 g/mol. The lowest BCUT2D eigenvalue weighted by atomic mass is 10.0. The van der Waals surface area contributed by atoms with Crippen molar-refractivity contribution < 1.29 is 4.74 Å². The van der Waals surface area contributed by atoms with Gasteiger partial charge in [-0.25, -0.2) is 9.67 Å². The van der Waals surface area contributed by atoms with E-state index in [-0.39, 0.29) is 5.95 Å². The lowest BCUT2D eigenvalue weighted by Gasteiger charge is -2.15. The van der Waals surface area contributed by atoms with Crippen molar-refractivity contribution in [1.82, 2.24) is 19.7 Å². The third-order valence-corrected chi connectivity index (χ3v) is 5.92. The summed E-state index contributed by atoms with van der Waals surface area (Å²) in [7, 11) is -1.06. The quantitative estimate of drug-likeness (QED) is 0.479. The molecule has 0 radical (unpaired) electrons. The molecule has 0 aliphatic heterocycles. The van der Waals surface area contributed by atoms with E-state index >= 15 is 0 Å². The maximum Gasteiger partial charge on any atom is 0.221 e. The molecule has 1 aromatic carbocycles. The number of nitrogen functional groups attached to an aromatic ring is 2. The van der Waals surface area contributed by atoms with Crippen molar-refractivity contribution in [2.75, 3.05) is 18.1 Å². The number of hydrogen-bond donors (Lipinski definition) is 2. The first-order valence-corrected chi connectivity index (χ1v) is 12.6. The Morgan fingerprint density at radius 2 is 1.70 bits per heavy atom. The maximum atomic E-state index is 5.93. The predicted octanol–water partition coefficient (Wildman–Crippen LogP) is 3.48. The van der Waals surface area contributed by atoms with E-state index in [1.54, 1.807) is 6.20 Å². The average Bonchev–Trinajstić information content (AvgIpc) is 3.07. The lowest BCUT2D eigenvalue weighted by molar-refractivity contribution is 0.0786. The minimum atomic E-state index is -1.06. The Bertz CT molecular complexity index is 901. The molecule has 3 rings (SSSR count). The molecule has 2 heterocycles. The Labute approximate surface area is 160 Å². The van der Waals surface area contributed by atoms with E-state index in [2.05, 4.69) is 34.7 Å². The summed E-state index contributed by atoms with van der Waals surface area (Å²) >= 11 is 0. The predicted molar refractivity (Wildman–Crippen MR) is 112 cm³/mol. The molecule has 3 aromatic rings. The molecular weight excluding hydrogens is 356 g/mol. The van der Waals surface area contributed by atoms with E-state index in [1.807, 2.05) is 41.3 Å². The number of aromatic nitrogens is 4. The molecule has 0 amide bonds. The normalized spacial score (nSPS) is 11.7. The summed E-state index contributed by atoms with van der Waals surface area (Å²) in [6.07, 6.45) is 5.48. The van der Waals surface area contributed by atoms with E-state index in [0.29, 0.717) is 12.5 Å². The molecule has 4 N–H and O–H groups in total.